The molecule has 0 atom stereocenters. The Labute approximate surface area is 156 Å². The molecule has 7 nitrogen and oxygen atoms in total. The van der Waals surface area contributed by atoms with Crippen LogP contribution in [-0.4, -0.2) is 33.7 Å². The summed E-state index contributed by atoms with van der Waals surface area (Å²) in [6, 6.07) is 11.6. The molecule has 4 aromatic rings. The molecule has 0 bridgehead atoms. The van der Waals surface area contributed by atoms with Gasteiger partial charge < -0.3 is 14.8 Å². The first-order valence-corrected chi connectivity index (χ1v) is 8.44. The predicted molar refractivity (Wildman–Crippen MR) is 104 cm³/mol. The summed E-state index contributed by atoms with van der Waals surface area (Å²) in [6.07, 6.45) is 5.50. The van der Waals surface area contributed by atoms with E-state index in [0.717, 1.165) is 33.7 Å². The van der Waals surface area contributed by atoms with Gasteiger partial charge in [0.25, 0.3) is 0 Å². The van der Waals surface area contributed by atoms with Crippen molar-refractivity contribution in [3.05, 3.63) is 60.6 Å². The van der Waals surface area contributed by atoms with E-state index in [-0.39, 0.29) is 0 Å². The molecular weight excluding hydrogens is 342 g/mol. The van der Waals surface area contributed by atoms with Crippen molar-refractivity contribution in [3.63, 3.8) is 0 Å². The lowest BCUT2D eigenvalue weighted by molar-refractivity contribution is 0.398. The minimum Gasteiger partial charge on any atom is -0.497 e. The Hall–Kier alpha value is -3.61. The lowest BCUT2D eigenvalue weighted by Gasteiger charge is -2.11. The molecule has 1 aromatic carbocycles. The van der Waals surface area contributed by atoms with E-state index in [4.69, 9.17) is 9.47 Å². The van der Waals surface area contributed by atoms with E-state index in [9.17, 15) is 0 Å². The van der Waals surface area contributed by atoms with Crippen molar-refractivity contribution in [1.82, 2.24) is 19.5 Å². The van der Waals surface area contributed by atoms with Crippen LogP contribution in [0.3, 0.4) is 0 Å². The van der Waals surface area contributed by atoms with Gasteiger partial charge in [-0.05, 0) is 30.7 Å². The van der Waals surface area contributed by atoms with Gasteiger partial charge in [-0.15, -0.1) is 0 Å². The van der Waals surface area contributed by atoms with Crippen LogP contribution in [0.2, 0.25) is 0 Å². The lowest BCUT2D eigenvalue weighted by Crippen LogP contribution is -2.01. The zero-order valence-corrected chi connectivity index (χ0v) is 15.3. The fourth-order valence-corrected chi connectivity index (χ4v) is 2.81. The Balaban J connectivity index is 1.71. The molecule has 0 aliphatic heterocycles. The number of pyridine rings is 1. The van der Waals surface area contributed by atoms with Gasteiger partial charge in [0, 0.05) is 35.6 Å². The van der Waals surface area contributed by atoms with Crippen molar-refractivity contribution in [3.8, 4) is 17.3 Å². The van der Waals surface area contributed by atoms with Gasteiger partial charge in [0.2, 0.25) is 11.8 Å². The Morgan fingerprint density at radius 3 is 2.59 bits per heavy atom. The SMILES string of the molecule is COc1ccc(C)c(Nc2ncc3ccn(-c4ccc(OC)nc4)c3n2)c1. The highest BCUT2D eigenvalue weighted by Gasteiger charge is 2.09. The monoisotopic (exact) mass is 361 g/mol. The molecule has 0 aliphatic rings. The number of aryl methyl sites for hydroxylation is 1. The third-order valence-corrected chi connectivity index (χ3v) is 4.33. The van der Waals surface area contributed by atoms with E-state index in [1.807, 2.05) is 54.1 Å². The van der Waals surface area contributed by atoms with Gasteiger partial charge in [0.15, 0.2) is 0 Å². The van der Waals surface area contributed by atoms with E-state index in [1.54, 1.807) is 26.6 Å². The van der Waals surface area contributed by atoms with Crippen molar-refractivity contribution < 1.29 is 9.47 Å². The molecule has 4 rings (SSSR count). The molecule has 3 heterocycles. The fourth-order valence-electron chi connectivity index (χ4n) is 2.81. The van der Waals surface area contributed by atoms with Gasteiger partial charge in [-0.1, -0.05) is 6.07 Å². The van der Waals surface area contributed by atoms with Crippen LogP contribution in [0.1, 0.15) is 5.56 Å². The molecule has 27 heavy (non-hydrogen) atoms. The van der Waals surface area contributed by atoms with E-state index in [0.29, 0.717) is 11.8 Å². The average Bonchev–Trinajstić information content (AvgIpc) is 3.13. The zero-order chi connectivity index (χ0) is 18.8. The summed E-state index contributed by atoms with van der Waals surface area (Å²) in [7, 11) is 3.24. The molecule has 0 amide bonds. The molecule has 0 saturated carbocycles. The highest BCUT2D eigenvalue weighted by molar-refractivity contribution is 5.79. The number of aromatic nitrogens is 4. The third kappa shape index (κ3) is 3.27. The second-order valence-corrected chi connectivity index (χ2v) is 6.02. The maximum atomic E-state index is 5.30. The summed E-state index contributed by atoms with van der Waals surface area (Å²) in [6.45, 7) is 2.02. The van der Waals surface area contributed by atoms with Gasteiger partial charge in [-0.25, -0.2) is 9.97 Å². The number of methoxy groups -OCH3 is 2. The third-order valence-electron chi connectivity index (χ3n) is 4.33. The molecule has 0 spiro atoms. The maximum absolute atomic E-state index is 5.30. The van der Waals surface area contributed by atoms with E-state index < -0.39 is 0 Å². The van der Waals surface area contributed by atoms with Crippen LogP contribution in [0.25, 0.3) is 16.7 Å². The largest absolute Gasteiger partial charge is 0.497 e. The quantitative estimate of drug-likeness (QED) is 0.581. The van der Waals surface area contributed by atoms with Crippen molar-refractivity contribution in [1.29, 1.82) is 0 Å². The minimum absolute atomic E-state index is 0.514. The smallest absolute Gasteiger partial charge is 0.229 e. The number of anilines is 2. The van der Waals surface area contributed by atoms with Gasteiger partial charge in [-0.2, -0.15) is 4.98 Å². The first kappa shape index (κ1) is 16.8. The molecule has 3 aromatic heterocycles. The first-order chi connectivity index (χ1) is 13.2. The molecule has 7 heteroatoms. The summed E-state index contributed by atoms with van der Waals surface area (Å²) in [5.41, 5.74) is 3.67. The van der Waals surface area contributed by atoms with Gasteiger partial charge in [0.05, 0.1) is 26.1 Å². The summed E-state index contributed by atoms with van der Waals surface area (Å²) in [4.78, 5) is 13.4. The van der Waals surface area contributed by atoms with Crippen molar-refractivity contribution >= 4 is 22.7 Å². The van der Waals surface area contributed by atoms with Crippen molar-refractivity contribution in [2.45, 2.75) is 6.92 Å². The molecular formula is C20H19N5O2. The van der Waals surface area contributed by atoms with E-state index in [1.165, 1.54) is 0 Å². The number of nitrogens with one attached hydrogen (secondary N) is 1. The Kier molecular flexibility index (Phi) is 4.33. The number of nitrogens with zero attached hydrogens (tertiary/aromatic N) is 4. The van der Waals surface area contributed by atoms with E-state index in [2.05, 4.69) is 20.3 Å². The van der Waals surface area contributed by atoms with Crippen LogP contribution in [0.15, 0.2) is 55.0 Å². The second kappa shape index (κ2) is 6.95. The Morgan fingerprint density at radius 2 is 1.85 bits per heavy atom. The Bertz CT molecular complexity index is 1090. The normalized spacial score (nSPS) is 10.8. The molecule has 0 fully saturated rings. The van der Waals surface area contributed by atoms with Crippen LogP contribution >= 0.6 is 0 Å². The van der Waals surface area contributed by atoms with Crippen LogP contribution < -0.4 is 14.8 Å². The minimum atomic E-state index is 0.514. The first-order valence-electron chi connectivity index (χ1n) is 8.44. The van der Waals surface area contributed by atoms with Gasteiger partial charge in [0.1, 0.15) is 11.4 Å². The highest BCUT2D eigenvalue weighted by Crippen LogP contribution is 2.25. The lowest BCUT2D eigenvalue weighted by atomic mass is 10.2. The average molecular weight is 361 g/mol. The number of hydrogen-bond donors (Lipinski definition) is 1. The number of hydrogen-bond acceptors (Lipinski definition) is 6. The predicted octanol–water partition coefficient (Wildman–Crippen LogP) is 3.88. The summed E-state index contributed by atoms with van der Waals surface area (Å²) in [5.74, 6) is 1.86. The van der Waals surface area contributed by atoms with Crippen molar-refractivity contribution in [2.24, 2.45) is 0 Å². The molecule has 1 N–H and O–H groups in total. The molecule has 0 unspecified atom stereocenters. The maximum Gasteiger partial charge on any atom is 0.229 e. The number of ether oxygens (including phenoxy) is 2. The van der Waals surface area contributed by atoms with Gasteiger partial charge in [-0.3, -0.25) is 4.57 Å². The molecule has 0 aliphatic carbocycles. The van der Waals surface area contributed by atoms with Crippen molar-refractivity contribution in [2.75, 3.05) is 19.5 Å². The standard InChI is InChI=1S/C20H19N5O2/c1-13-4-6-16(26-2)10-17(13)23-20-22-11-14-8-9-25(19(14)24-20)15-5-7-18(27-3)21-12-15/h4-12H,1-3H3,(H,22,23,24). The van der Waals surface area contributed by atoms with Crippen LogP contribution in [-0.2, 0) is 0 Å². The van der Waals surface area contributed by atoms with Gasteiger partial charge >= 0.3 is 0 Å². The molecule has 136 valence electrons. The number of benzene rings is 1. The highest BCUT2D eigenvalue weighted by atomic mass is 16.5. The van der Waals surface area contributed by atoms with E-state index >= 15 is 0 Å². The van der Waals surface area contributed by atoms with Crippen LogP contribution in [0.4, 0.5) is 11.6 Å². The second-order valence-electron chi connectivity index (χ2n) is 6.02. The topological polar surface area (TPSA) is 74.1 Å². The van der Waals surface area contributed by atoms with Crippen LogP contribution in [0.5, 0.6) is 11.6 Å². The molecule has 0 radical (unpaired) electrons. The number of rotatable bonds is 5. The number of fused-ring (bicyclic) bond motifs is 1. The zero-order valence-electron chi connectivity index (χ0n) is 15.3. The molecule has 0 saturated heterocycles. The Morgan fingerprint density at radius 1 is 0.963 bits per heavy atom. The fraction of sp³-hybridized carbons (Fsp3) is 0.150. The van der Waals surface area contributed by atoms with Crippen LogP contribution in [0, 0.1) is 6.92 Å². The summed E-state index contributed by atoms with van der Waals surface area (Å²) >= 11 is 0. The summed E-state index contributed by atoms with van der Waals surface area (Å²) < 4.78 is 12.4. The summed E-state index contributed by atoms with van der Waals surface area (Å²) in [5, 5.41) is 4.22.